The molecule has 5 nitrogen and oxygen atoms in total. The number of amides is 1. The fourth-order valence-electron chi connectivity index (χ4n) is 2.11. The molecule has 0 aliphatic rings. The molecule has 24 heavy (non-hydrogen) atoms. The third-order valence-corrected chi connectivity index (χ3v) is 3.89. The SMILES string of the molecule is C[C@@H](NC(=O)COC(=O)CCc1ccco1)c1ccc(Cl)cc1Cl. The van der Waals surface area contributed by atoms with Crippen LogP contribution in [-0.4, -0.2) is 18.5 Å². The number of nitrogens with one attached hydrogen (secondary N) is 1. The fraction of sp³-hybridized carbons (Fsp3) is 0.294. The molecule has 1 amide bonds. The maximum absolute atomic E-state index is 11.9. The summed E-state index contributed by atoms with van der Waals surface area (Å²) in [7, 11) is 0. The zero-order valence-electron chi connectivity index (χ0n) is 13.1. The summed E-state index contributed by atoms with van der Waals surface area (Å²) in [6.45, 7) is 1.44. The van der Waals surface area contributed by atoms with Gasteiger partial charge in [0.25, 0.3) is 5.91 Å². The molecule has 0 fully saturated rings. The van der Waals surface area contributed by atoms with Crippen LogP contribution in [0.1, 0.15) is 30.7 Å². The second kappa shape index (κ2) is 8.76. The van der Waals surface area contributed by atoms with Gasteiger partial charge in [-0.15, -0.1) is 0 Å². The molecule has 2 aromatic rings. The van der Waals surface area contributed by atoms with Gasteiger partial charge in [-0.05, 0) is 36.8 Å². The molecule has 0 spiro atoms. The molecule has 0 saturated carbocycles. The van der Waals surface area contributed by atoms with Crippen molar-refractivity contribution >= 4 is 35.1 Å². The van der Waals surface area contributed by atoms with E-state index in [1.165, 1.54) is 6.26 Å². The van der Waals surface area contributed by atoms with E-state index in [0.29, 0.717) is 22.2 Å². The third kappa shape index (κ3) is 5.58. The number of rotatable bonds is 7. The average Bonchev–Trinajstić information content (AvgIpc) is 3.04. The average molecular weight is 370 g/mol. The van der Waals surface area contributed by atoms with E-state index < -0.39 is 11.9 Å². The summed E-state index contributed by atoms with van der Waals surface area (Å²) in [5.41, 5.74) is 0.735. The Morgan fingerprint density at radius 3 is 2.75 bits per heavy atom. The van der Waals surface area contributed by atoms with Crippen molar-refractivity contribution in [1.29, 1.82) is 0 Å². The minimum atomic E-state index is -0.460. The molecule has 128 valence electrons. The van der Waals surface area contributed by atoms with Gasteiger partial charge in [0, 0.05) is 16.5 Å². The van der Waals surface area contributed by atoms with Crippen molar-refractivity contribution in [2.75, 3.05) is 6.61 Å². The Labute approximate surface area is 149 Å². The van der Waals surface area contributed by atoms with Gasteiger partial charge in [-0.2, -0.15) is 0 Å². The highest BCUT2D eigenvalue weighted by molar-refractivity contribution is 6.35. The maximum Gasteiger partial charge on any atom is 0.306 e. The first-order valence-corrected chi connectivity index (χ1v) is 8.13. The lowest BCUT2D eigenvalue weighted by Crippen LogP contribution is -2.31. The topological polar surface area (TPSA) is 68.5 Å². The number of carbonyl (C=O) groups excluding carboxylic acids is 2. The Balaban J connectivity index is 1.75. The summed E-state index contributed by atoms with van der Waals surface area (Å²) in [6, 6.07) is 8.24. The summed E-state index contributed by atoms with van der Waals surface area (Å²) in [5.74, 6) is -0.166. The highest BCUT2D eigenvalue weighted by Gasteiger charge is 2.14. The monoisotopic (exact) mass is 369 g/mol. The van der Waals surface area contributed by atoms with E-state index in [9.17, 15) is 9.59 Å². The molecule has 0 aliphatic carbocycles. The third-order valence-electron chi connectivity index (χ3n) is 3.33. The highest BCUT2D eigenvalue weighted by Crippen LogP contribution is 2.25. The molecule has 0 unspecified atom stereocenters. The number of aryl methyl sites for hydroxylation is 1. The van der Waals surface area contributed by atoms with Crippen LogP contribution in [0.3, 0.4) is 0 Å². The summed E-state index contributed by atoms with van der Waals surface area (Å²) < 4.78 is 10.1. The standard InChI is InChI=1S/C17H17Cl2NO4/c1-11(14-6-4-12(18)9-15(14)19)20-16(21)10-24-17(22)7-5-13-3-2-8-23-13/h2-4,6,8-9,11H,5,7,10H2,1H3,(H,20,21)/t11-/m1/s1. The largest absolute Gasteiger partial charge is 0.469 e. The van der Waals surface area contributed by atoms with Crippen molar-refractivity contribution in [3.8, 4) is 0 Å². The van der Waals surface area contributed by atoms with Crippen LogP contribution in [0.4, 0.5) is 0 Å². The number of benzene rings is 1. The van der Waals surface area contributed by atoms with Gasteiger partial charge in [0.2, 0.25) is 0 Å². The highest BCUT2D eigenvalue weighted by atomic mass is 35.5. The summed E-state index contributed by atoms with van der Waals surface area (Å²) in [4.78, 5) is 23.5. The zero-order chi connectivity index (χ0) is 17.5. The van der Waals surface area contributed by atoms with Gasteiger partial charge in [-0.1, -0.05) is 29.3 Å². The van der Waals surface area contributed by atoms with Crippen LogP contribution in [0.15, 0.2) is 41.0 Å². The Bertz CT molecular complexity index is 701. The lowest BCUT2D eigenvalue weighted by Gasteiger charge is -2.16. The summed E-state index contributed by atoms with van der Waals surface area (Å²) in [6.07, 6.45) is 2.13. The molecular formula is C17H17Cl2NO4. The Hall–Kier alpha value is -1.98. The molecule has 7 heteroatoms. The maximum atomic E-state index is 11.9. The molecule has 2 rings (SSSR count). The van der Waals surface area contributed by atoms with Crippen LogP contribution < -0.4 is 5.32 Å². The first kappa shape index (κ1) is 18.4. The van der Waals surface area contributed by atoms with E-state index in [4.69, 9.17) is 32.4 Å². The zero-order valence-corrected chi connectivity index (χ0v) is 14.6. The quantitative estimate of drug-likeness (QED) is 0.750. The van der Waals surface area contributed by atoms with Crippen LogP contribution in [-0.2, 0) is 20.7 Å². The number of halogens is 2. The van der Waals surface area contributed by atoms with Crippen LogP contribution in [0.25, 0.3) is 0 Å². The second-order valence-electron chi connectivity index (χ2n) is 5.20. The summed E-state index contributed by atoms with van der Waals surface area (Å²) in [5, 5.41) is 3.70. The predicted molar refractivity (Wildman–Crippen MR) is 91.0 cm³/mol. The second-order valence-corrected chi connectivity index (χ2v) is 6.04. The van der Waals surface area contributed by atoms with E-state index in [1.807, 2.05) is 0 Å². The van der Waals surface area contributed by atoms with Gasteiger partial charge in [0.1, 0.15) is 5.76 Å². The molecular weight excluding hydrogens is 353 g/mol. The number of hydrogen-bond acceptors (Lipinski definition) is 4. The van der Waals surface area contributed by atoms with Crippen molar-refractivity contribution in [2.45, 2.75) is 25.8 Å². The lowest BCUT2D eigenvalue weighted by atomic mass is 10.1. The minimum Gasteiger partial charge on any atom is -0.469 e. The van der Waals surface area contributed by atoms with Gasteiger partial charge >= 0.3 is 5.97 Å². The van der Waals surface area contributed by atoms with Crippen LogP contribution >= 0.6 is 23.2 Å². The molecule has 1 heterocycles. The number of furan rings is 1. The molecule has 0 saturated heterocycles. The number of hydrogen-bond donors (Lipinski definition) is 1. The van der Waals surface area contributed by atoms with E-state index in [1.54, 1.807) is 37.3 Å². The van der Waals surface area contributed by atoms with Crippen LogP contribution in [0, 0.1) is 0 Å². The Morgan fingerprint density at radius 1 is 1.29 bits per heavy atom. The van der Waals surface area contributed by atoms with E-state index in [-0.39, 0.29) is 19.1 Å². The van der Waals surface area contributed by atoms with Crippen molar-refractivity contribution in [3.05, 3.63) is 58.0 Å². The first-order chi connectivity index (χ1) is 11.5. The number of esters is 1. The molecule has 0 bridgehead atoms. The van der Waals surface area contributed by atoms with Crippen molar-refractivity contribution < 1.29 is 18.7 Å². The summed E-state index contributed by atoms with van der Waals surface area (Å²) >= 11 is 11.9. The van der Waals surface area contributed by atoms with E-state index >= 15 is 0 Å². The molecule has 0 aliphatic heterocycles. The normalized spacial score (nSPS) is 11.8. The Kier molecular flexibility index (Phi) is 6.70. The van der Waals surface area contributed by atoms with Gasteiger partial charge < -0.3 is 14.5 Å². The van der Waals surface area contributed by atoms with Crippen molar-refractivity contribution in [1.82, 2.24) is 5.32 Å². The van der Waals surface area contributed by atoms with Crippen LogP contribution in [0.5, 0.6) is 0 Å². The van der Waals surface area contributed by atoms with E-state index in [0.717, 1.165) is 5.56 Å². The predicted octanol–water partition coefficient (Wildman–Crippen LogP) is 3.94. The smallest absolute Gasteiger partial charge is 0.306 e. The van der Waals surface area contributed by atoms with Gasteiger partial charge in [-0.3, -0.25) is 9.59 Å². The molecule has 1 N–H and O–H groups in total. The molecule has 1 aromatic heterocycles. The Morgan fingerprint density at radius 2 is 2.08 bits per heavy atom. The minimum absolute atomic E-state index is 0.152. The molecule has 1 aromatic carbocycles. The van der Waals surface area contributed by atoms with Gasteiger partial charge in [0.05, 0.1) is 18.7 Å². The number of ether oxygens (including phenoxy) is 1. The van der Waals surface area contributed by atoms with Crippen molar-refractivity contribution in [2.24, 2.45) is 0 Å². The number of carbonyl (C=O) groups is 2. The van der Waals surface area contributed by atoms with Crippen LogP contribution in [0.2, 0.25) is 10.0 Å². The lowest BCUT2D eigenvalue weighted by molar-refractivity contribution is -0.148. The molecule has 0 radical (unpaired) electrons. The van der Waals surface area contributed by atoms with Gasteiger partial charge in [0.15, 0.2) is 6.61 Å². The first-order valence-electron chi connectivity index (χ1n) is 7.38. The van der Waals surface area contributed by atoms with Crippen molar-refractivity contribution in [3.63, 3.8) is 0 Å². The van der Waals surface area contributed by atoms with E-state index in [2.05, 4.69) is 5.32 Å². The van der Waals surface area contributed by atoms with Gasteiger partial charge in [-0.25, -0.2) is 0 Å². The fourth-order valence-corrected chi connectivity index (χ4v) is 2.68. The molecule has 1 atom stereocenters.